The lowest BCUT2D eigenvalue weighted by Crippen LogP contribution is -2.34. The van der Waals surface area contributed by atoms with E-state index < -0.39 is 15.9 Å². The average Bonchev–Trinajstić information content (AvgIpc) is 2.59. The number of hydrogen-bond donors (Lipinski definition) is 1. The summed E-state index contributed by atoms with van der Waals surface area (Å²) >= 11 is 5.98. The van der Waals surface area contributed by atoms with Crippen LogP contribution in [0.25, 0.3) is 0 Å². The standard InChI is InChI=1S/C17H20ClN3O4S/c1-11(2)21(3)17(22)15-7-12(18)5-6-16(15)26(23,24)20-13-8-14(25-4)10-19-9-13/h5-11,20H,1-4H3. The Kier molecular flexibility index (Phi) is 6.09. The highest BCUT2D eigenvalue weighted by Gasteiger charge is 2.26. The molecule has 26 heavy (non-hydrogen) atoms. The van der Waals surface area contributed by atoms with E-state index in [0.717, 1.165) is 0 Å². The van der Waals surface area contributed by atoms with Gasteiger partial charge in [-0.1, -0.05) is 11.6 Å². The number of methoxy groups -OCH3 is 1. The Morgan fingerprint density at radius 1 is 1.27 bits per heavy atom. The summed E-state index contributed by atoms with van der Waals surface area (Å²) in [5, 5.41) is 0.271. The van der Waals surface area contributed by atoms with E-state index in [1.54, 1.807) is 7.05 Å². The van der Waals surface area contributed by atoms with Crippen LogP contribution in [-0.4, -0.2) is 44.4 Å². The van der Waals surface area contributed by atoms with Gasteiger partial charge in [-0.05, 0) is 32.0 Å². The van der Waals surface area contributed by atoms with Crippen molar-refractivity contribution >= 4 is 33.2 Å². The number of sulfonamides is 1. The number of anilines is 1. The van der Waals surface area contributed by atoms with E-state index in [4.69, 9.17) is 16.3 Å². The second-order valence-corrected chi connectivity index (χ2v) is 7.96. The van der Waals surface area contributed by atoms with Gasteiger partial charge >= 0.3 is 0 Å². The third-order valence-electron chi connectivity index (χ3n) is 3.76. The fourth-order valence-corrected chi connectivity index (χ4v) is 3.51. The first-order chi connectivity index (χ1) is 12.2. The van der Waals surface area contributed by atoms with E-state index in [2.05, 4.69) is 9.71 Å². The number of rotatable bonds is 6. The fourth-order valence-electron chi connectivity index (χ4n) is 2.12. The first kappa shape index (κ1) is 20.0. The van der Waals surface area contributed by atoms with Gasteiger partial charge in [-0.15, -0.1) is 0 Å². The number of hydrogen-bond acceptors (Lipinski definition) is 5. The molecule has 140 valence electrons. The van der Waals surface area contributed by atoms with Crippen LogP contribution < -0.4 is 9.46 Å². The van der Waals surface area contributed by atoms with Crippen LogP contribution in [0.5, 0.6) is 5.75 Å². The van der Waals surface area contributed by atoms with Crippen LogP contribution in [0, 0.1) is 0 Å². The molecule has 0 bridgehead atoms. The van der Waals surface area contributed by atoms with Crippen molar-refractivity contribution in [2.45, 2.75) is 24.8 Å². The number of amides is 1. The topological polar surface area (TPSA) is 88.6 Å². The van der Waals surface area contributed by atoms with Crippen LogP contribution in [0.4, 0.5) is 5.69 Å². The van der Waals surface area contributed by atoms with E-state index in [1.165, 1.54) is 48.7 Å². The van der Waals surface area contributed by atoms with Crippen molar-refractivity contribution in [2.24, 2.45) is 0 Å². The highest BCUT2D eigenvalue weighted by atomic mass is 35.5. The summed E-state index contributed by atoms with van der Waals surface area (Å²) in [6.45, 7) is 3.66. The molecule has 1 heterocycles. The minimum absolute atomic E-state index is 0.00273. The Labute approximate surface area is 158 Å². The van der Waals surface area contributed by atoms with Gasteiger partial charge in [0.2, 0.25) is 0 Å². The maximum Gasteiger partial charge on any atom is 0.262 e. The van der Waals surface area contributed by atoms with Gasteiger partial charge in [0.1, 0.15) is 10.6 Å². The van der Waals surface area contributed by atoms with E-state index in [1.807, 2.05) is 13.8 Å². The molecule has 0 atom stereocenters. The molecular weight excluding hydrogens is 378 g/mol. The van der Waals surface area contributed by atoms with Crippen LogP contribution in [-0.2, 0) is 10.0 Å². The van der Waals surface area contributed by atoms with Crippen LogP contribution in [0.15, 0.2) is 41.6 Å². The lowest BCUT2D eigenvalue weighted by Gasteiger charge is -2.23. The molecule has 0 radical (unpaired) electrons. The molecular formula is C17H20ClN3O4S. The highest BCUT2D eigenvalue weighted by Crippen LogP contribution is 2.25. The molecule has 1 aromatic heterocycles. The maximum atomic E-state index is 12.8. The van der Waals surface area contributed by atoms with Crippen LogP contribution in [0.3, 0.4) is 0 Å². The predicted octanol–water partition coefficient (Wildman–Crippen LogP) is 3.02. The molecule has 1 N–H and O–H groups in total. The quantitative estimate of drug-likeness (QED) is 0.809. The van der Waals surface area contributed by atoms with Crippen LogP contribution in [0.1, 0.15) is 24.2 Å². The molecule has 0 aliphatic heterocycles. The summed E-state index contributed by atoms with van der Waals surface area (Å²) in [6, 6.07) is 5.46. The Morgan fingerprint density at radius 2 is 1.96 bits per heavy atom. The molecule has 9 heteroatoms. The first-order valence-corrected chi connectivity index (χ1v) is 9.60. The Bertz CT molecular complexity index is 916. The van der Waals surface area contributed by atoms with Gasteiger partial charge in [-0.3, -0.25) is 14.5 Å². The lowest BCUT2D eigenvalue weighted by molar-refractivity contribution is 0.0751. The predicted molar refractivity (Wildman–Crippen MR) is 100 cm³/mol. The number of carbonyl (C=O) groups excluding carboxylic acids is 1. The van der Waals surface area contributed by atoms with Crippen molar-refractivity contribution < 1.29 is 17.9 Å². The molecule has 7 nitrogen and oxygen atoms in total. The van der Waals surface area contributed by atoms with Gasteiger partial charge in [-0.2, -0.15) is 0 Å². The number of halogens is 1. The average molecular weight is 398 g/mol. The molecule has 1 amide bonds. The zero-order chi connectivity index (χ0) is 19.5. The van der Waals surface area contributed by atoms with Crippen molar-refractivity contribution in [2.75, 3.05) is 18.9 Å². The summed E-state index contributed by atoms with van der Waals surface area (Å²) in [4.78, 5) is 17.9. The van der Waals surface area contributed by atoms with Gasteiger partial charge in [0.15, 0.2) is 0 Å². The zero-order valence-corrected chi connectivity index (χ0v) is 16.4. The molecule has 0 saturated heterocycles. The van der Waals surface area contributed by atoms with Crippen molar-refractivity contribution in [3.05, 3.63) is 47.2 Å². The van der Waals surface area contributed by atoms with Crippen LogP contribution in [0.2, 0.25) is 5.02 Å². The molecule has 0 saturated carbocycles. The molecule has 0 aliphatic rings. The molecule has 0 aliphatic carbocycles. The molecule has 0 spiro atoms. The number of benzene rings is 1. The number of aromatic nitrogens is 1. The van der Waals surface area contributed by atoms with E-state index in [9.17, 15) is 13.2 Å². The van der Waals surface area contributed by atoms with Gasteiger partial charge in [0.05, 0.1) is 30.8 Å². The molecule has 0 fully saturated rings. The monoisotopic (exact) mass is 397 g/mol. The Hall–Kier alpha value is -2.32. The van der Waals surface area contributed by atoms with Gasteiger partial charge in [0, 0.05) is 24.2 Å². The third kappa shape index (κ3) is 4.44. The fraction of sp³-hybridized carbons (Fsp3) is 0.294. The minimum atomic E-state index is -4.04. The normalized spacial score (nSPS) is 11.3. The summed E-state index contributed by atoms with van der Waals surface area (Å²) < 4.78 is 33.1. The highest BCUT2D eigenvalue weighted by molar-refractivity contribution is 7.92. The van der Waals surface area contributed by atoms with Gasteiger partial charge in [0.25, 0.3) is 15.9 Å². The molecule has 2 aromatic rings. The summed E-state index contributed by atoms with van der Waals surface area (Å²) in [7, 11) is -0.989. The number of carbonyl (C=O) groups is 1. The summed E-state index contributed by atoms with van der Waals surface area (Å²) in [5.74, 6) is -0.0382. The smallest absolute Gasteiger partial charge is 0.262 e. The van der Waals surface area contributed by atoms with Gasteiger partial charge < -0.3 is 9.64 Å². The van der Waals surface area contributed by atoms with Crippen LogP contribution >= 0.6 is 11.6 Å². The minimum Gasteiger partial charge on any atom is -0.495 e. The number of nitrogens with zero attached hydrogens (tertiary/aromatic N) is 2. The van der Waals surface area contributed by atoms with E-state index in [-0.39, 0.29) is 27.2 Å². The van der Waals surface area contributed by atoms with E-state index in [0.29, 0.717) is 5.75 Å². The second kappa shape index (κ2) is 7.92. The number of pyridine rings is 1. The number of ether oxygens (including phenoxy) is 1. The second-order valence-electron chi connectivity index (χ2n) is 5.87. The molecule has 2 rings (SSSR count). The maximum absolute atomic E-state index is 12.8. The third-order valence-corrected chi connectivity index (χ3v) is 5.43. The Balaban J connectivity index is 2.47. The van der Waals surface area contributed by atoms with Crippen molar-refractivity contribution in [3.8, 4) is 5.75 Å². The van der Waals surface area contributed by atoms with Gasteiger partial charge in [-0.25, -0.2) is 8.42 Å². The molecule has 1 aromatic carbocycles. The SMILES string of the molecule is COc1cncc(NS(=O)(=O)c2ccc(Cl)cc2C(=O)N(C)C(C)C)c1. The first-order valence-electron chi connectivity index (χ1n) is 7.74. The van der Waals surface area contributed by atoms with Crippen molar-refractivity contribution in [1.29, 1.82) is 0 Å². The molecule has 0 unspecified atom stereocenters. The summed E-state index contributed by atoms with van der Waals surface area (Å²) in [6.07, 6.45) is 2.80. The van der Waals surface area contributed by atoms with E-state index >= 15 is 0 Å². The van der Waals surface area contributed by atoms with Crippen molar-refractivity contribution in [3.63, 3.8) is 0 Å². The number of nitrogens with one attached hydrogen (secondary N) is 1. The largest absolute Gasteiger partial charge is 0.495 e. The zero-order valence-electron chi connectivity index (χ0n) is 14.9. The van der Waals surface area contributed by atoms with Crippen molar-refractivity contribution in [1.82, 2.24) is 9.88 Å². The Morgan fingerprint density at radius 3 is 2.58 bits per heavy atom. The summed E-state index contributed by atoms with van der Waals surface area (Å²) in [5.41, 5.74) is 0.215. The lowest BCUT2D eigenvalue weighted by atomic mass is 10.2.